The molecule has 1 atom stereocenters. The van der Waals surface area contributed by atoms with Gasteiger partial charge in [0, 0.05) is 18.4 Å². The second-order valence-corrected chi connectivity index (χ2v) is 4.89. The number of para-hydroxylation sites is 1. The Hall–Kier alpha value is -2.56. The molecule has 0 unspecified atom stereocenters. The predicted octanol–water partition coefficient (Wildman–Crippen LogP) is 3.07. The first kappa shape index (κ1) is 13.4. The minimum atomic E-state index is -0.293. The third-order valence-corrected chi connectivity index (χ3v) is 3.57. The van der Waals surface area contributed by atoms with Gasteiger partial charge in [-0.15, -0.1) is 0 Å². The van der Waals surface area contributed by atoms with Crippen molar-refractivity contribution in [2.75, 3.05) is 0 Å². The van der Waals surface area contributed by atoms with Gasteiger partial charge >= 0.3 is 0 Å². The average molecular weight is 284 g/mol. The molecule has 0 spiro atoms. The largest absolute Gasteiger partial charge is 0.508 e. The molecule has 1 aromatic heterocycles. The molecule has 5 nitrogen and oxygen atoms in total. The van der Waals surface area contributed by atoms with Crippen LogP contribution in [0.5, 0.6) is 5.75 Å². The number of aromatic hydroxyl groups is 1. The van der Waals surface area contributed by atoms with E-state index in [1.807, 2.05) is 18.2 Å². The number of phenols is 1. The van der Waals surface area contributed by atoms with Crippen molar-refractivity contribution >= 4 is 11.6 Å². The number of phenolic OH excluding ortho intramolecular Hbond substituents is 1. The van der Waals surface area contributed by atoms with Crippen LogP contribution in [0.25, 0.3) is 0 Å². The molecule has 0 saturated carbocycles. The lowest BCUT2D eigenvalue weighted by molar-refractivity contribution is -0.132. The third kappa shape index (κ3) is 2.42. The van der Waals surface area contributed by atoms with Crippen molar-refractivity contribution in [1.29, 1.82) is 0 Å². The fraction of sp³-hybridized carbons (Fsp3) is 0.250. The van der Waals surface area contributed by atoms with Crippen molar-refractivity contribution < 1.29 is 14.3 Å². The van der Waals surface area contributed by atoms with E-state index in [0.717, 1.165) is 5.71 Å². The molecule has 1 aliphatic heterocycles. The molecular formula is C16H16N2O3. The van der Waals surface area contributed by atoms with Crippen molar-refractivity contribution in [1.82, 2.24) is 5.01 Å². The average Bonchev–Trinajstić information content (AvgIpc) is 3.16. The summed E-state index contributed by atoms with van der Waals surface area (Å²) in [6.45, 7) is 1.80. The summed E-state index contributed by atoms with van der Waals surface area (Å²) in [6.07, 6.45) is 2.47. The van der Waals surface area contributed by atoms with E-state index in [1.54, 1.807) is 31.4 Å². The fourth-order valence-corrected chi connectivity index (χ4v) is 2.51. The number of amides is 1. The summed E-state index contributed by atoms with van der Waals surface area (Å²) in [5.74, 6) is 0.749. The molecule has 21 heavy (non-hydrogen) atoms. The highest BCUT2D eigenvalue weighted by Crippen LogP contribution is 2.37. The van der Waals surface area contributed by atoms with Crippen molar-refractivity contribution in [3.8, 4) is 5.75 Å². The van der Waals surface area contributed by atoms with Crippen molar-refractivity contribution in [2.24, 2.45) is 5.10 Å². The number of hydrazone groups is 1. The number of carbonyl (C=O) groups excluding carboxylic acids is 1. The summed E-state index contributed by atoms with van der Waals surface area (Å²) in [5, 5.41) is 15.9. The highest BCUT2D eigenvalue weighted by atomic mass is 16.3. The van der Waals surface area contributed by atoms with E-state index in [4.69, 9.17) is 4.42 Å². The summed E-state index contributed by atoms with van der Waals surface area (Å²) in [6, 6.07) is 10.4. The number of rotatable bonds is 3. The maximum Gasteiger partial charge on any atom is 0.242 e. The van der Waals surface area contributed by atoms with Gasteiger partial charge in [-0.2, -0.15) is 5.10 Å². The molecule has 5 heteroatoms. The zero-order valence-corrected chi connectivity index (χ0v) is 11.7. The topological polar surface area (TPSA) is 66.0 Å². The minimum Gasteiger partial charge on any atom is -0.508 e. The van der Waals surface area contributed by atoms with Crippen LogP contribution in [-0.2, 0) is 4.79 Å². The smallest absolute Gasteiger partial charge is 0.242 e. The van der Waals surface area contributed by atoms with Gasteiger partial charge in [0.1, 0.15) is 17.2 Å². The van der Waals surface area contributed by atoms with E-state index >= 15 is 0 Å². The van der Waals surface area contributed by atoms with E-state index in [2.05, 4.69) is 5.10 Å². The van der Waals surface area contributed by atoms with Gasteiger partial charge in [-0.1, -0.05) is 25.1 Å². The lowest BCUT2D eigenvalue weighted by atomic mass is 10.00. The predicted molar refractivity (Wildman–Crippen MR) is 77.8 cm³/mol. The van der Waals surface area contributed by atoms with Crippen LogP contribution in [0.15, 0.2) is 52.2 Å². The number of benzene rings is 1. The summed E-state index contributed by atoms with van der Waals surface area (Å²) in [4.78, 5) is 12.1. The van der Waals surface area contributed by atoms with Crippen molar-refractivity contribution in [3.63, 3.8) is 0 Å². The van der Waals surface area contributed by atoms with E-state index in [9.17, 15) is 9.90 Å². The lowest BCUT2D eigenvalue weighted by Gasteiger charge is -2.22. The maximum absolute atomic E-state index is 12.1. The SMILES string of the molecule is CCC(=O)N1N=C(c2ccco2)C[C@H]1c1ccccc1O. The van der Waals surface area contributed by atoms with Crippen LogP contribution in [0.2, 0.25) is 0 Å². The molecular weight excluding hydrogens is 268 g/mol. The first-order chi connectivity index (χ1) is 10.2. The van der Waals surface area contributed by atoms with Gasteiger partial charge in [-0.25, -0.2) is 5.01 Å². The molecule has 0 fully saturated rings. The van der Waals surface area contributed by atoms with Crippen LogP contribution in [-0.4, -0.2) is 21.7 Å². The van der Waals surface area contributed by atoms with Gasteiger partial charge in [0.15, 0.2) is 0 Å². The van der Waals surface area contributed by atoms with Crippen LogP contribution in [0.1, 0.15) is 37.1 Å². The maximum atomic E-state index is 12.1. The number of carbonyl (C=O) groups is 1. The standard InChI is InChI=1S/C16H16N2O3/c1-2-16(20)18-13(11-6-3-4-7-14(11)19)10-12(17-18)15-8-5-9-21-15/h3-9,13,19H,2,10H2,1H3/t13-/m0/s1. The first-order valence-electron chi connectivity index (χ1n) is 6.92. The van der Waals surface area contributed by atoms with Crippen molar-refractivity contribution in [2.45, 2.75) is 25.8 Å². The summed E-state index contributed by atoms with van der Waals surface area (Å²) >= 11 is 0. The summed E-state index contributed by atoms with van der Waals surface area (Å²) in [5.41, 5.74) is 1.42. The highest BCUT2D eigenvalue weighted by molar-refractivity contribution is 6.01. The molecule has 1 aliphatic rings. The zero-order valence-electron chi connectivity index (χ0n) is 11.7. The van der Waals surface area contributed by atoms with Crippen LogP contribution in [0.3, 0.4) is 0 Å². The Labute approximate surface area is 122 Å². The molecule has 2 heterocycles. The first-order valence-corrected chi connectivity index (χ1v) is 6.92. The van der Waals surface area contributed by atoms with Crippen LogP contribution in [0, 0.1) is 0 Å². The van der Waals surface area contributed by atoms with Gasteiger partial charge in [0.05, 0.1) is 12.3 Å². The van der Waals surface area contributed by atoms with Gasteiger partial charge < -0.3 is 9.52 Å². The Bertz CT molecular complexity index is 677. The van der Waals surface area contributed by atoms with E-state index < -0.39 is 0 Å². The number of furan rings is 1. The molecule has 1 amide bonds. The van der Waals surface area contributed by atoms with E-state index in [0.29, 0.717) is 24.2 Å². The Balaban J connectivity index is 1.98. The van der Waals surface area contributed by atoms with Crippen molar-refractivity contribution in [3.05, 3.63) is 54.0 Å². The minimum absolute atomic E-state index is 0.0789. The Kier molecular flexibility index (Phi) is 3.48. The van der Waals surface area contributed by atoms with E-state index in [1.165, 1.54) is 5.01 Å². The lowest BCUT2D eigenvalue weighted by Crippen LogP contribution is -2.26. The van der Waals surface area contributed by atoms with Crippen LogP contribution in [0.4, 0.5) is 0 Å². The molecule has 0 radical (unpaired) electrons. The quantitative estimate of drug-likeness (QED) is 0.942. The molecule has 108 valence electrons. The number of hydrogen-bond acceptors (Lipinski definition) is 4. The Morgan fingerprint density at radius 1 is 1.38 bits per heavy atom. The second-order valence-electron chi connectivity index (χ2n) is 4.89. The normalized spacial score (nSPS) is 17.9. The Morgan fingerprint density at radius 3 is 2.86 bits per heavy atom. The second kappa shape index (κ2) is 5.44. The number of hydrogen-bond donors (Lipinski definition) is 1. The molecule has 0 bridgehead atoms. The monoisotopic (exact) mass is 284 g/mol. The number of nitrogens with zero attached hydrogens (tertiary/aromatic N) is 2. The van der Waals surface area contributed by atoms with Gasteiger partial charge in [0.2, 0.25) is 5.91 Å². The molecule has 0 aliphatic carbocycles. The summed E-state index contributed by atoms with van der Waals surface area (Å²) in [7, 11) is 0. The molecule has 1 aromatic carbocycles. The Morgan fingerprint density at radius 2 is 2.19 bits per heavy atom. The third-order valence-electron chi connectivity index (χ3n) is 3.57. The fourth-order valence-electron chi connectivity index (χ4n) is 2.51. The van der Waals surface area contributed by atoms with Crippen LogP contribution >= 0.6 is 0 Å². The molecule has 0 saturated heterocycles. The van der Waals surface area contributed by atoms with Gasteiger partial charge in [0.25, 0.3) is 0 Å². The van der Waals surface area contributed by atoms with Gasteiger partial charge in [-0.3, -0.25) is 4.79 Å². The molecule has 2 aromatic rings. The zero-order chi connectivity index (χ0) is 14.8. The van der Waals surface area contributed by atoms with Gasteiger partial charge in [-0.05, 0) is 18.2 Å². The summed E-state index contributed by atoms with van der Waals surface area (Å²) < 4.78 is 5.36. The highest BCUT2D eigenvalue weighted by Gasteiger charge is 2.34. The molecule has 3 rings (SSSR count). The van der Waals surface area contributed by atoms with Crippen LogP contribution < -0.4 is 0 Å². The molecule has 1 N–H and O–H groups in total. The van der Waals surface area contributed by atoms with E-state index in [-0.39, 0.29) is 17.7 Å².